The number of ketones is 1. The molecule has 3 aliphatic rings. The highest BCUT2D eigenvalue weighted by Crippen LogP contribution is 2.62. The lowest BCUT2D eigenvalue weighted by molar-refractivity contribution is -0.154. The molecule has 1 saturated heterocycles. The smallest absolute Gasteiger partial charge is 0.316 e. The summed E-state index contributed by atoms with van der Waals surface area (Å²) in [5.41, 5.74) is -1.71. The minimum Gasteiger partial charge on any atom is -0.469 e. The van der Waals surface area contributed by atoms with E-state index in [1.165, 1.54) is 13.2 Å². The van der Waals surface area contributed by atoms with Gasteiger partial charge in [-0.3, -0.25) is 14.4 Å². The van der Waals surface area contributed by atoms with E-state index in [-0.39, 0.29) is 12.2 Å². The van der Waals surface area contributed by atoms with Crippen LogP contribution in [-0.4, -0.2) is 42.1 Å². The first-order chi connectivity index (χ1) is 10.7. The SMILES string of the molecule is C=C1[C@H](O)[C@@H]2OC(=O)[C@]3(C)C=CC(=O)[C@@](C)([C@@H]23)[C@H]1CC(=O)OC. The summed E-state index contributed by atoms with van der Waals surface area (Å²) < 4.78 is 10.1. The molecule has 0 radical (unpaired) electrons. The first-order valence-corrected chi connectivity index (χ1v) is 7.56. The number of aliphatic hydroxyl groups is 1. The first-order valence-electron chi connectivity index (χ1n) is 7.56. The van der Waals surface area contributed by atoms with Gasteiger partial charge < -0.3 is 14.6 Å². The van der Waals surface area contributed by atoms with Gasteiger partial charge in [-0.05, 0) is 18.6 Å². The van der Waals surface area contributed by atoms with E-state index in [9.17, 15) is 19.5 Å². The van der Waals surface area contributed by atoms with Gasteiger partial charge in [-0.2, -0.15) is 0 Å². The molecule has 2 fully saturated rings. The van der Waals surface area contributed by atoms with Crippen molar-refractivity contribution in [1.82, 2.24) is 0 Å². The van der Waals surface area contributed by atoms with Gasteiger partial charge in [-0.25, -0.2) is 0 Å². The maximum absolute atomic E-state index is 12.7. The summed E-state index contributed by atoms with van der Waals surface area (Å²) in [5, 5.41) is 10.5. The van der Waals surface area contributed by atoms with Crippen LogP contribution in [0.5, 0.6) is 0 Å². The molecular formula is C17H20O6. The van der Waals surface area contributed by atoms with Crippen molar-refractivity contribution in [3.8, 4) is 0 Å². The molecule has 3 rings (SSSR count). The number of rotatable bonds is 2. The predicted octanol–water partition coefficient (Wildman–Crippen LogP) is 0.789. The van der Waals surface area contributed by atoms with E-state index in [0.717, 1.165) is 0 Å². The summed E-state index contributed by atoms with van der Waals surface area (Å²) in [5.74, 6) is -2.30. The van der Waals surface area contributed by atoms with Crippen molar-refractivity contribution in [3.05, 3.63) is 24.3 Å². The number of hydrogen-bond acceptors (Lipinski definition) is 6. The minimum absolute atomic E-state index is 0.0734. The molecule has 0 unspecified atom stereocenters. The van der Waals surface area contributed by atoms with Crippen LogP contribution in [0.2, 0.25) is 0 Å². The molecule has 23 heavy (non-hydrogen) atoms. The summed E-state index contributed by atoms with van der Waals surface area (Å²) in [4.78, 5) is 36.9. The first kappa shape index (κ1) is 15.9. The van der Waals surface area contributed by atoms with E-state index in [0.29, 0.717) is 5.57 Å². The fraction of sp³-hybridized carbons (Fsp3) is 0.588. The second-order valence-electron chi connectivity index (χ2n) is 6.96. The Hall–Kier alpha value is -1.95. The lowest BCUT2D eigenvalue weighted by Gasteiger charge is -2.53. The molecule has 0 amide bonds. The number of esters is 2. The summed E-state index contributed by atoms with van der Waals surface area (Å²) in [6, 6.07) is 0. The van der Waals surface area contributed by atoms with Crippen LogP contribution in [-0.2, 0) is 23.9 Å². The third-order valence-corrected chi connectivity index (χ3v) is 5.88. The Labute approximate surface area is 134 Å². The van der Waals surface area contributed by atoms with Crippen molar-refractivity contribution >= 4 is 17.7 Å². The van der Waals surface area contributed by atoms with Gasteiger partial charge in [-0.15, -0.1) is 0 Å². The van der Waals surface area contributed by atoms with Crippen LogP contribution in [0.25, 0.3) is 0 Å². The number of carbonyl (C=O) groups is 3. The van der Waals surface area contributed by atoms with Gasteiger partial charge in [0.1, 0.15) is 12.2 Å². The summed E-state index contributed by atoms with van der Waals surface area (Å²) >= 11 is 0. The number of ether oxygens (including phenoxy) is 2. The van der Waals surface area contributed by atoms with Crippen LogP contribution in [0, 0.1) is 22.7 Å². The van der Waals surface area contributed by atoms with Gasteiger partial charge in [0.25, 0.3) is 0 Å². The Bertz CT molecular complexity index is 649. The molecule has 0 spiro atoms. The minimum atomic E-state index is -1.10. The van der Waals surface area contributed by atoms with Crippen LogP contribution in [0.3, 0.4) is 0 Å². The van der Waals surface area contributed by atoms with Crippen LogP contribution in [0.15, 0.2) is 24.3 Å². The van der Waals surface area contributed by atoms with E-state index in [1.807, 2.05) is 0 Å². The second-order valence-corrected chi connectivity index (χ2v) is 6.96. The fourth-order valence-corrected chi connectivity index (χ4v) is 4.53. The molecular weight excluding hydrogens is 300 g/mol. The number of carbonyl (C=O) groups excluding carboxylic acids is 3. The molecule has 6 atom stereocenters. The number of methoxy groups -OCH3 is 1. The molecule has 1 saturated carbocycles. The zero-order chi connectivity index (χ0) is 17.2. The maximum Gasteiger partial charge on any atom is 0.316 e. The Morgan fingerprint density at radius 1 is 1.43 bits per heavy atom. The van der Waals surface area contributed by atoms with Crippen molar-refractivity contribution in [2.24, 2.45) is 22.7 Å². The van der Waals surface area contributed by atoms with Crippen molar-refractivity contribution in [2.45, 2.75) is 32.5 Å². The third-order valence-electron chi connectivity index (χ3n) is 5.88. The Kier molecular flexibility index (Phi) is 3.30. The third kappa shape index (κ3) is 1.81. The van der Waals surface area contributed by atoms with Crippen molar-refractivity contribution in [3.63, 3.8) is 0 Å². The zero-order valence-corrected chi connectivity index (χ0v) is 13.4. The molecule has 0 aromatic carbocycles. The number of hydrogen-bond donors (Lipinski definition) is 1. The molecule has 6 heteroatoms. The van der Waals surface area contributed by atoms with Gasteiger partial charge in [0, 0.05) is 17.3 Å². The van der Waals surface area contributed by atoms with Crippen LogP contribution < -0.4 is 0 Å². The van der Waals surface area contributed by atoms with E-state index in [4.69, 9.17) is 9.47 Å². The molecule has 0 bridgehead atoms. The van der Waals surface area contributed by atoms with Gasteiger partial charge >= 0.3 is 11.9 Å². The van der Waals surface area contributed by atoms with Crippen molar-refractivity contribution in [2.75, 3.05) is 7.11 Å². The number of allylic oxidation sites excluding steroid dienone is 1. The lowest BCUT2D eigenvalue weighted by Crippen LogP contribution is -2.60. The summed E-state index contributed by atoms with van der Waals surface area (Å²) in [6.45, 7) is 7.30. The normalized spacial score (nSPS) is 44.8. The molecule has 124 valence electrons. The quantitative estimate of drug-likeness (QED) is 0.597. The second kappa shape index (κ2) is 4.77. The highest BCUT2D eigenvalue weighted by atomic mass is 16.6. The van der Waals surface area contributed by atoms with Crippen LogP contribution >= 0.6 is 0 Å². The molecule has 0 aromatic heterocycles. The van der Waals surface area contributed by atoms with Gasteiger partial charge in [0.05, 0.1) is 18.9 Å². The maximum atomic E-state index is 12.7. The van der Waals surface area contributed by atoms with E-state index < -0.39 is 46.8 Å². The molecule has 6 nitrogen and oxygen atoms in total. The highest BCUT2D eigenvalue weighted by molar-refractivity contribution is 6.00. The van der Waals surface area contributed by atoms with Gasteiger partial charge in [0.15, 0.2) is 5.78 Å². The van der Waals surface area contributed by atoms with Gasteiger partial charge in [-0.1, -0.05) is 19.6 Å². The Morgan fingerprint density at radius 3 is 2.70 bits per heavy atom. The van der Waals surface area contributed by atoms with Crippen molar-refractivity contribution < 1.29 is 29.0 Å². The topological polar surface area (TPSA) is 89.9 Å². The monoisotopic (exact) mass is 320 g/mol. The molecule has 2 aliphatic carbocycles. The Balaban J connectivity index is 2.17. The largest absolute Gasteiger partial charge is 0.469 e. The highest BCUT2D eigenvalue weighted by Gasteiger charge is 2.70. The summed E-state index contributed by atoms with van der Waals surface area (Å²) in [6.07, 6.45) is 0.937. The predicted molar refractivity (Wildman–Crippen MR) is 79.0 cm³/mol. The average Bonchev–Trinajstić information content (AvgIpc) is 2.79. The number of aliphatic hydroxyl groups excluding tert-OH is 1. The zero-order valence-electron chi connectivity index (χ0n) is 13.4. The standard InChI is InChI=1S/C17H20O6/c1-8-9(7-11(19)22-4)17(3)10(18)5-6-16(2)14(17)13(12(8)20)23-15(16)21/h5-6,9,12-14,20H,1,7H2,2-4H3/t9-,12-,13-,14-,16+,17-/m0/s1. The van der Waals surface area contributed by atoms with Crippen LogP contribution in [0.1, 0.15) is 20.3 Å². The lowest BCUT2D eigenvalue weighted by atomic mass is 9.48. The van der Waals surface area contributed by atoms with Crippen LogP contribution in [0.4, 0.5) is 0 Å². The molecule has 1 heterocycles. The Morgan fingerprint density at radius 2 is 2.09 bits per heavy atom. The summed E-state index contributed by atoms with van der Waals surface area (Å²) in [7, 11) is 1.27. The van der Waals surface area contributed by atoms with Gasteiger partial charge in [0.2, 0.25) is 0 Å². The molecule has 1 N–H and O–H groups in total. The van der Waals surface area contributed by atoms with E-state index >= 15 is 0 Å². The van der Waals surface area contributed by atoms with Crippen molar-refractivity contribution in [1.29, 1.82) is 0 Å². The van der Waals surface area contributed by atoms with E-state index in [2.05, 4.69) is 6.58 Å². The van der Waals surface area contributed by atoms with E-state index in [1.54, 1.807) is 19.9 Å². The fourth-order valence-electron chi connectivity index (χ4n) is 4.53. The molecule has 0 aromatic rings. The molecule has 1 aliphatic heterocycles. The average molecular weight is 320 g/mol.